The lowest BCUT2D eigenvalue weighted by atomic mass is 10.0. The highest BCUT2D eigenvalue weighted by molar-refractivity contribution is 5.59. The molecule has 0 saturated heterocycles. The quantitative estimate of drug-likeness (QED) is 0.736. The van der Waals surface area contributed by atoms with E-state index in [1.165, 1.54) is 0 Å². The highest BCUT2D eigenvalue weighted by Crippen LogP contribution is 2.27. The lowest BCUT2D eigenvalue weighted by Gasteiger charge is -2.14. The molecule has 0 amide bonds. The molecule has 0 bridgehead atoms. The van der Waals surface area contributed by atoms with Crippen LogP contribution in [-0.4, -0.2) is 13.4 Å². The number of carbonyl (C=O) groups is 1. The normalized spacial score (nSPS) is 12.2. The maximum absolute atomic E-state index is 10.4. The van der Waals surface area contributed by atoms with Gasteiger partial charge < -0.3 is 15.3 Å². The number of nitrogens with two attached hydrogens (primary N) is 1. The minimum atomic E-state index is -0.0865. The molecule has 0 aliphatic rings. The first-order chi connectivity index (χ1) is 6.70. The molecule has 3 heteroatoms. The van der Waals surface area contributed by atoms with Gasteiger partial charge in [0.15, 0.2) is 0 Å². The van der Waals surface area contributed by atoms with Gasteiger partial charge in [-0.3, -0.25) is 0 Å². The van der Waals surface area contributed by atoms with Crippen molar-refractivity contribution >= 4 is 6.29 Å². The summed E-state index contributed by atoms with van der Waals surface area (Å²) in [4.78, 5) is 10.4. The number of hydrogen-bond donors (Lipinski definition) is 1. The smallest absolute Gasteiger partial charge is 0.127 e. The van der Waals surface area contributed by atoms with Gasteiger partial charge in [0.2, 0.25) is 0 Å². The summed E-state index contributed by atoms with van der Waals surface area (Å²) in [6.07, 6.45) is 1.23. The summed E-state index contributed by atoms with van der Waals surface area (Å²) in [6.45, 7) is 1.89. The summed E-state index contributed by atoms with van der Waals surface area (Å²) >= 11 is 0. The van der Waals surface area contributed by atoms with Gasteiger partial charge in [-0.05, 0) is 6.92 Å². The summed E-state index contributed by atoms with van der Waals surface area (Å²) in [5, 5.41) is 0. The number of ether oxygens (including phenoxy) is 1. The third-order valence-corrected chi connectivity index (χ3v) is 2.12. The van der Waals surface area contributed by atoms with E-state index in [1.807, 2.05) is 25.1 Å². The van der Waals surface area contributed by atoms with E-state index in [4.69, 9.17) is 10.5 Å². The molecule has 3 nitrogen and oxygen atoms in total. The second kappa shape index (κ2) is 4.77. The van der Waals surface area contributed by atoms with Gasteiger partial charge in [0.1, 0.15) is 12.0 Å². The fourth-order valence-electron chi connectivity index (χ4n) is 1.46. The van der Waals surface area contributed by atoms with E-state index in [9.17, 15) is 4.79 Å². The molecule has 0 aliphatic carbocycles. The van der Waals surface area contributed by atoms with E-state index < -0.39 is 0 Å². The standard InChI is InChI=1S/C11H15NO2/c1-8(12)10-5-3-4-9(6-7-13)11(10)14-2/h3-5,7-8H,6,12H2,1-2H3. The lowest BCUT2D eigenvalue weighted by Crippen LogP contribution is -2.08. The van der Waals surface area contributed by atoms with Crippen LogP contribution in [0.1, 0.15) is 24.1 Å². The fourth-order valence-corrected chi connectivity index (χ4v) is 1.46. The molecule has 0 fully saturated rings. The van der Waals surface area contributed by atoms with Crippen LogP contribution in [0, 0.1) is 0 Å². The second-order valence-electron chi connectivity index (χ2n) is 3.20. The molecule has 0 heterocycles. The monoisotopic (exact) mass is 193 g/mol. The number of rotatable bonds is 4. The van der Waals surface area contributed by atoms with Crippen molar-refractivity contribution in [3.63, 3.8) is 0 Å². The summed E-state index contributed by atoms with van der Waals surface area (Å²) < 4.78 is 5.25. The zero-order valence-electron chi connectivity index (χ0n) is 8.49. The predicted molar refractivity (Wildman–Crippen MR) is 55.4 cm³/mol. The molecular weight excluding hydrogens is 178 g/mol. The first-order valence-corrected chi connectivity index (χ1v) is 4.55. The Balaban J connectivity index is 3.17. The Labute approximate surface area is 83.9 Å². The van der Waals surface area contributed by atoms with Gasteiger partial charge in [-0.25, -0.2) is 0 Å². The molecule has 1 aromatic rings. The molecule has 0 radical (unpaired) electrons. The van der Waals surface area contributed by atoms with Crippen molar-refractivity contribution in [1.29, 1.82) is 0 Å². The molecule has 1 aromatic carbocycles. The Kier molecular flexibility index (Phi) is 3.65. The van der Waals surface area contributed by atoms with Crippen molar-refractivity contribution in [2.45, 2.75) is 19.4 Å². The van der Waals surface area contributed by atoms with Crippen LogP contribution in [0.5, 0.6) is 5.75 Å². The summed E-state index contributed by atoms with van der Waals surface area (Å²) in [6, 6.07) is 5.59. The van der Waals surface area contributed by atoms with Crippen LogP contribution >= 0.6 is 0 Å². The third-order valence-electron chi connectivity index (χ3n) is 2.12. The predicted octanol–water partition coefficient (Wildman–Crippen LogP) is 1.46. The molecule has 0 aromatic heterocycles. The van der Waals surface area contributed by atoms with Crippen LogP contribution < -0.4 is 10.5 Å². The molecule has 0 aliphatic heterocycles. The zero-order valence-corrected chi connectivity index (χ0v) is 8.49. The van der Waals surface area contributed by atoms with E-state index in [0.29, 0.717) is 6.42 Å². The molecule has 1 rings (SSSR count). The van der Waals surface area contributed by atoms with Crippen LogP contribution in [0.2, 0.25) is 0 Å². The van der Waals surface area contributed by atoms with Crippen molar-refractivity contribution in [1.82, 2.24) is 0 Å². The fraction of sp³-hybridized carbons (Fsp3) is 0.364. The Morgan fingerprint density at radius 3 is 2.79 bits per heavy atom. The molecular formula is C11H15NO2. The second-order valence-corrected chi connectivity index (χ2v) is 3.20. The lowest BCUT2D eigenvalue weighted by molar-refractivity contribution is -0.107. The van der Waals surface area contributed by atoms with E-state index in [-0.39, 0.29) is 6.04 Å². The van der Waals surface area contributed by atoms with Gasteiger partial charge >= 0.3 is 0 Å². The van der Waals surface area contributed by atoms with Gasteiger partial charge in [-0.1, -0.05) is 18.2 Å². The SMILES string of the molecule is COc1c(CC=O)cccc1C(C)N. The van der Waals surface area contributed by atoms with E-state index in [0.717, 1.165) is 23.2 Å². The Morgan fingerprint density at radius 2 is 2.29 bits per heavy atom. The van der Waals surface area contributed by atoms with Crippen molar-refractivity contribution in [2.75, 3.05) is 7.11 Å². The highest BCUT2D eigenvalue weighted by atomic mass is 16.5. The summed E-state index contributed by atoms with van der Waals surface area (Å²) in [5.41, 5.74) is 7.61. The minimum Gasteiger partial charge on any atom is -0.496 e. The number of benzene rings is 1. The molecule has 0 saturated carbocycles. The van der Waals surface area contributed by atoms with Gasteiger partial charge in [0, 0.05) is 23.6 Å². The Bertz CT molecular complexity index is 321. The molecule has 1 unspecified atom stereocenters. The molecule has 0 spiro atoms. The summed E-state index contributed by atoms with van der Waals surface area (Å²) in [7, 11) is 1.59. The van der Waals surface area contributed by atoms with E-state index in [2.05, 4.69) is 0 Å². The van der Waals surface area contributed by atoms with Crippen LogP contribution in [-0.2, 0) is 11.2 Å². The van der Waals surface area contributed by atoms with Crippen molar-refractivity contribution in [3.8, 4) is 5.75 Å². The van der Waals surface area contributed by atoms with Crippen molar-refractivity contribution in [2.24, 2.45) is 5.73 Å². The van der Waals surface area contributed by atoms with Gasteiger partial charge in [-0.15, -0.1) is 0 Å². The first kappa shape index (κ1) is 10.7. The average molecular weight is 193 g/mol. The van der Waals surface area contributed by atoms with Crippen LogP contribution in [0.25, 0.3) is 0 Å². The van der Waals surface area contributed by atoms with Gasteiger partial charge in [0.05, 0.1) is 7.11 Å². The number of aldehydes is 1. The molecule has 1 atom stereocenters. The Morgan fingerprint density at radius 1 is 1.57 bits per heavy atom. The maximum Gasteiger partial charge on any atom is 0.127 e. The zero-order chi connectivity index (χ0) is 10.6. The van der Waals surface area contributed by atoms with Crippen molar-refractivity contribution < 1.29 is 9.53 Å². The summed E-state index contributed by atoms with van der Waals surface area (Å²) in [5.74, 6) is 0.731. The molecule has 2 N–H and O–H groups in total. The highest BCUT2D eigenvalue weighted by Gasteiger charge is 2.10. The van der Waals surface area contributed by atoms with Gasteiger partial charge in [-0.2, -0.15) is 0 Å². The van der Waals surface area contributed by atoms with Gasteiger partial charge in [0.25, 0.3) is 0 Å². The van der Waals surface area contributed by atoms with Crippen LogP contribution in [0.4, 0.5) is 0 Å². The number of methoxy groups -OCH3 is 1. The average Bonchev–Trinajstić information content (AvgIpc) is 2.18. The molecule has 76 valence electrons. The van der Waals surface area contributed by atoms with Crippen molar-refractivity contribution in [3.05, 3.63) is 29.3 Å². The number of hydrogen-bond acceptors (Lipinski definition) is 3. The third kappa shape index (κ3) is 2.12. The van der Waals surface area contributed by atoms with Crippen LogP contribution in [0.3, 0.4) is 0 Å². The Hall–Kier alpha value is -1.35. The number of para-hydroxylation sites is 1. The maximum atomic E-state index is 10.4. The topological polar surface area (TPSA) is 52.3 Å². The first-order valence-electron chi connectivity index (χ1n) is 4.55. The van der Waals surface area contributed by atoms with Crippen LogP contribution in [0.15, 0.2) is 18.2 Å². The largest absolute Gasteiger partial charge is 0.496 e. The molecule has 14 heavy (non-hydrogen) atoms. The number of carbonyl (C=O) groups excluding carboxylic acids is 1. The van der Waals surface area contributed by atoms with E-state index >= 15 is 0 Å². The van der Waals surface area contributed by atoms with E-state index in [1.54, 1.807) is 7.11 Å². The minimum absolute atomic E-state index is 0.0865.